The van der Waals surface area contributed by atoms with Crippen LogP contribution >= 0.6 is 11.8 Å². The zero-order valence-corrected chi connectivity index (χ0v) is 12.5. The Morgan fingerprint density at radius 3 is 2.57 bits per heavy atom. The lowest BCUT2D eigenvalue weighted by molar-refractivity contribution is -0.141. The molecular weight excluding hydrogens is 290 g/mol. The first kappa shape index (κ1) is 15.7. The van der Waals surface area contributed by atoms with Gasteiger partial charge in [0.05, 0.1) is 0 Å². The minimum Gasteiger partial charge on any atom is -0.480 e. The van der Waals surface area contributed by atoms with Crippen LogP contribution in [0, 0.1) is 5.92 Å². The third-order valence-electron chi connectivity index (χ3n) is 3.49. The number of hydrogen-bond donors (Lipinski definition) is 2. The Kier molecular flexibility index (Phi) is 5.92. The molecule has 0 radical (unpaired) electrons. The molecule has 1 atom stereocenters. The summed E-state index contributed by atoms with van der Waals surface area (Å²) in [6.45, 7) is 0.138. The van der Waals surface area contributed by atoms with Gasteiger partial charge in [0, 0.05) is 0 Å². The molecule has 2 rings (SSSR count). The summed E-state index contributed by atoms with van der Waals surface area (Å²) >= 11 is 1.82. The highest BCUT2D eigenvalue weighted by molar-refractivity contribution is 7.99. The summed E-state index contributed by atoms with van der Waals surface area (Å²) in [4.78, 5) is 23.1. The van der Waals surface area contributed by atoms with Crippen LogP contribution in [0.5, 0.6) is 0 Å². The van der Waals surface area contributed by atoms with Crippen LogP contribution in [-0.4, -0.2) is 34.7 Å². The van der Waals surface area contributed by atoms with Gasteiger partial charge < -0.3 is 15.2 Å². The highest BCUT2D eigenvalue weighted by atomic mass is 32.2. The van der Waals surface area contributed by atoms with Crippen LogP contribution in [0.1, 0.15) is 18.4 Å². The molecule has 0 bridgehead atoms. The molecule has 1 amide bonds. The Labute approximate surface area is 128 Å². The SMILES string of the molecule is O=C(N[C@@H](C(=O)O)C1CCSCC1)OCc1ccccc1. The number of carbonyl (C=O) groups excluding carboxylic acids is 1. The topological polar surface area (TPSA) is 75.6 Å². The van der Waals surface area contributed by atoms with Gasteiger partial charge in [0.15, 0.2) is 0 Å². The summed E-state index contributed by atoms with van der Waals surface area (Å²) < 4.78 is 5.08. The number of rotatable bonds is 5. The molecule has 6 heteroatoms. The maximum absolute atomic E-state index is 11.8. The zero-order chi connectivity index (χ0) is 15.1. The molecule has 1 aromatic carbocycles. The van der Waals surface area contributed by atoms with Gasteiger partial charge in [0.1, 0.15) is 12.6 Å². The molecule has 1 saturated heterocycles. The minimum absolute atomic E-state index is 0.0203. The van der Waals surface area contributed by atoms with Gasteiger partial charge >= 0.3 is 12.1 Å². The third-order valence-corrected chi connectivity index (χ3v) is 4.54. The van der Waals surface area contributed by atoms with Gasteiger partial charge in [-0.3, -0.25) is 0 Å². The average Bonchev–Trinajstić information content (AvgIpc) is 2.52. The molecule has 0 aliphatic carbocycles. The number of amides is 1. The number of benzene rings is 1. The number of carboxylic acids is 1. The molecule has 0 spiro atoms. The second-order valence-corrected chi connectivity index (χ2v) is 6.20. The highest BCUT2D eigenvalue weighted by Gasteiger charge is 2.31. The molecule has 1 aromatic rings. The van der Waals surface area contributed by atoms with Gasteiger partial charge in [-0.05, 0) is 35.8 Å². The summed E-state index contributed by atoms with van der Waals surface area (Å²) in [6.07, 6.45) is 0.936. The van der Waals surface area contributed by atoms with Gasteiger partial charge in [-0.2, -0.15) is 11.8 Å². The summed E-state index contributed by atoms with van der Waals surface area (Å²) in [6, 6.07) is 8.42. The van der Waals surface area contributed by atoms with Crippen LogP contribution in [0.3, 0.4) is 0 Å². The van der Waals surface area contributed by atoms with E-state index in [1.165, 1.54) is 0 Å². The van der Waals surface area contributed by atoms with Crippen molar-refractivity contribution in [1.29, 1.82) is 0 Å². The molecule has 21 heavy (non-hydrogen) atoms. The molecule has 1 fully saturated rings. The Hall–Kier alpha value is -1.69. The van der Waals surface area contributed by atoms with Crippen molar-refractivity contribution in [2.45, 2.75) is 25.5 Å². The monoisotopic (exact) mass is 309 g/mol. The largest absolute Gasteiger partial charge is 0.480 e. The Bertz CT molecular complexity index is 474. The molecule has 0 aromatic heterocycles. The van der Waals surface area contributed by atoms with Crippen molar-refractivity contribution in [3.05, 3.63) is 35.9 Å². The molecule has 1 aliphatic rings. The predicted molar refractivity (Wildman–Crippen MR) is 81.2 cm³/mol. The number of thioether (sulfide) groups is 1. The zero-order valence-electron chi connectivity index (χ0n) is 11.7. The van der Waals surface area contributed by atoms with Crippen LogP contribution in [0.2, 0.25) is 0 Å². The van der Waals surface area contributed by atoms with Crippen molar-refractivity contribution in [1.82, 2.24) is 5.32 Å². The summed E-state index contributed by atoms with van der Waals surface area (Å²) in [7, 11) is 0. The van der Waals surface area contributed by atoms with Crippen molar-refractivity contribution >= 4 is 23.8 Å². The normalized spacial score (nSPS) is 17.0. The van der Waals surface area contributed by atoms with E-state index in [-0.39, 0.29) is 12.5 Å². The van der Waals surface area contributed by atoms with E-state index in [0.29, 0.717) is 0 Å². The number of alkyl carbamates (subject to hydrolysis) is 1. The van der Waals surface area contributed by atoms with Gasteiger partial charge in [0.25, 0.3) is 0 Å². The van der Waals surface area contributed by atoms with Gasteiger partial charge in [-0.25, -0.2) is 9.59 Å². The second kappa shape index (κ2) is 7.93. The van der Waals surface area contributed by atoms with E-state index in [1.54, 1.807) is 0 Å². The minimum atomic E-state index is -0.997. The fourth-order valence-corrected chi connectivity index (χ4v) is 3.47. The van der Waals surface area contributed by atoms with E-state index in [4.69, 9.17) is 4.74 Å². The van der Waals surface area contributed by atoms with Crippen LogP contribution in [0.15, 0.2) is 30.3 Å². The Morgan fingerprint density at radius 2 is 1.95 bits per heavy atom. The van der Waals surface area contributed by atoms with Crippen LogP contribution in [0.4, 0.5) is 4.79 Å². The lowest BCUT2D eigenvalue weighted by atomic mass is 9.94. The molecule has 114 valence electrons. The molecular formula is C15H19NO4S. The van der Waals surface area contributed by atoms with E-state index in [1.807, 2.05) is 42.1 Å². The van der Waals surface area contributed by atoms with Crippen molar-refractivity contribution in [3.63, 3.8) is 0 Å². The summed E-state index contributed by atoms with van der Waals surface area (Å²) in [5.74, 6) is 0.862. The van der Waals surface area contributed by atoms with E-state index in [9.17, 15) is 14.7 Å². The third kappa shape index (κ3) is 4.97. The number of carbonyl (C=O) groups is 2. The van der Waals surface area contributed by atoms with Gasteiger partial charge in [-0.1, -0.05) is 30.3 Å². The smallest absolute Gasteiger partial charge is 0.408 e. The molecule has 0 unspecified atom stereocenters. The predicted octanol–water partition coefficient (Wildman–Crippen LogP) is 2.51. The van der Waals surface area contributed by atoms with Gasteiger partial charge in [0.2, 0.25) is 0 Å². The number of carboxylic acid groups (broad SMARTS) is 1. The number of ether oxygens (including phenoxy) is 1. The molecule has 1 aliphatic heterocycles. The number of nitrogens with one attached hydrogen (secondary N) is 1. The van der Waals surface area contributed by atoms with Crippen molar-refractivity contribution in [2.24, 2.45) is 5.92 Å². The summed E-state index contributed by atoms with van der Waals surface area (Å²) in [5, 5.41) is 11.8. The van der Waals surface area contributed by atoms with Crippen molar-refractivity contribution in [3.8, 4) is 0 Å². The summed E-state index contributed by atoms with van der Waals surface area (Å²) in [5.41, 5.74) is 0.869. The van der Waals surface area contributed by atoms with Crippen LogP contribution in [0.25, 0.3) is 0 Å². The van der Waals surface area contributed by atoms with E-state index in [0.717, 1.165) is 29.9 Å². The first-order valence-electron chi connectivity index (χ1n) is 6.94. The molecule has 1 heterocycles. The number of hydrogen-bond acceptors (Lipinski definition) is 4. The first-order valence-corrected chi connectivity index (χ1v) is 8.10. The lowest BCUT2D eigenvalue weighted by Gasteiger charge is -2.27. The van der Waals surface area contributed by atoms with Crippen LogP contribution in [-0.2, 0) is 16.1 Å². The van der Waals surface area contributed by atoms with E-state index >= 15 is 0 Å². The maximum atomic E-state index is 11.8. The molecule has 0 saturated carbocycles. The fourth-order valence-electron chi connectivity index (χ4n) is 2.32. The molecule has 2 N–H and O–H groups in total. The fraction of sp³-hybridized carbons (Fsp3) is 0.467. The first-order chi connectivity index (χ1) is 10.2. The van der Waals surface area contributed by atoms with Crippen molar-refractivity contribution < 1.29 is 19.4 Å². The Morgan fingerprint density at radius 1 is 1.29 bits per heavy atom. The standard InChI is InChI=1S/C15H19NO4S/c17-14(18)13(12-6-8-21-9-7-12)16-15(19)20-10-11-4-2-1-3-5-11/h1-5,12-13H,6-10H2,(H,16,19)(H,17,18)/t13-/m1/s1. The molecule has 5 nitrogen and oxygen atoms in total. The van der Waals surface area contributed by atoms with E-state index in [2.05, 4.69) is 5.32 Å². The van der Waals surface area contributed by atoms with Crippen molar-refractivity contribution in [2.75, 3.05) is 11.5 Å². The van der Waals surface area contributed by atoms with Crippen LogP contribution < -0.4 is 5.32 Å². The van der Waals surface area contributed by atoms with E-state index < -0.39 is 18.1 Å². The maximum Gasteiger partial charge on any atom is 0.408 e. The Balaban J connectivity index is 1.84. The lowest BCUT2D eigenvalue weighted by Crippen LogP contribution is -2.47. The second-order valence-electron chi connectivity index (χ2n) is 4.97. The number of aliphatic carboxylic acids is 1. The quantitative estimate of drug-likeness (QED) is 0.874. The average molecular weight is 309 g/mol. The highest BCUT2D eigenvalue weighted by Crippen LogP contribution is 2.25. The van der Waals surface area contributed by atoms with Gasteiger partial charge in [-0.15, -0.1) is 0 Å².